The minimum Gasteiger partial charge on any atom is -0.481 e. The molecule has 0 radical (unpaired) electrons. The highest BCUT2D eigenvalue weighted by atomic mass is 16.4. The maximum Gasteiger partial charge on any atom is 0.303 e. The molecule has 0 amide bonds. The Hall–Kier alpha value is -0.570. The van der Waals surface area contributed by atoms with E-state index < -0.39 is 5.97 Å². The van der Waals surface area contributed by atoms with Crippen LogP contribution in [0.4, 0.5) is 0 Å². The van der Waals surface area contributed by atoms with Gasteiger partial charge in [0.1, 0.15) is 0 Å². The Morgan fingerprint density at radius 1 is 1.00 bits per heavy atom. The SMILES string of the molecule is C[C@H](CCC(=O)O)[C@@H]1CC[C@@H]2[C@@H]3CC[C@@H]4C[C@@H](O)CC[C@]4(C)[C@@H]3CC[C@@]21C. The molecule has 4 rings (SSSR count). The topological polar surface area (TPSA) is 57.5 Å². The third kappa shape index (κ3) is 3.16. The summed E-state index contributed by atoms with van der Waals surface area (Å²) in [6.07, 6.45) is 12.4. The van der Waals surface area contributed by atoms with Crippen molar-refractivity contribution in [3.63, 3.8) is 0 Å². The van der Waals surface area contributed by atoms with Crippen LogP contribution in [0.3, 0.4) is 0 Å². The molecule has 0 saturated heterocycles. The average molecular weight is 377 g/mol. The minimum atomic E-state index is -0.643. The van der Waals surface area contributed by atoms with Crippen LogP contribution in [0.2, 0.25) is 0 Å². The van der Waals surface area contributed by atoms with E-state index in [1.165, 1.54) is 44.9 Å². The van der Waals surface area contributed by atoms with Crippen molar-refractivity contribution in [1.29, 1.82) is 0 Å². The fourth-order valence-electron chi connectivity index (χ4n) is 8.76. The molecule has 0 bridgehead atoms. The summed E-state index contributed by atoms with van der Waals surface area (Å²) in [6.45, 7) is 7.43. The van der Waals surface area contributed by atoms with Gasteiger partial charge in [0, 0.05) is 6.42 Å². The van der Waals surface area contributed by atoms with Crippen molar-refractivity contribution >= 4 is 5.97 Å². The molecule has 4 fully saturated rings. The van der Waals surface area contributed by atoms with Crippen molar-refractivity contribution in [2.45, 2.75) is 97.5 Å². The zero-order valence-corrected chi connectivity index (χ0v) is 17.6. The Kier molecular flexibility index (Phi) is 5.15. The molecule has 9 atom stereocenters. The van der Waals surface area contributed by atoms with Gasteiger partial charge >= 0.3 is 5.97 Å². The van der Waals surface area contributed by atoms with Gasteiger partial charge in [0.2, 0.25) is 0 Å². The first kappa shape index (κ1) is 19.7. The molecule has 154 valence electrons. The van der Waals surface area contributed by atoms with Gasteiger partial charge in [-0.1, -0.05) is 20.8 Å². The number of carboxylic acid groups (broad SMARTS) is 1. The Morgan fingerprint density at radius 2 is 1.70 bits per heavy atom. The molecule has 3 nitrogen and oxygen atoms in total. The number of carbonyl (C=O) groups is 1. The van der Waals surface area contributed by atoms with Gasteiger partial charge in [-0.15, -0.1) is 0 Å². The fraction of sp³-hybridized carbons (Fsp3) is 0.958. The quantitative estimate of drug-likeness (QED) is 0.680. The Bertz CT molecular complexity index is 574. The van der Waals surface area contributed by atoms with Crippen LogP contribution in [0.25, 0.3) is 0 Å². The van der Waals surface area contributed by atoms with Gasteiger partial charge in [0.05, 0.1) is 6.10 Å². The molecule has 0 aromatic rings. The van der Waals surface area contributed by atoms with E-state index >= 15 is 0 Å². The van der Waals surface area contributed by atoms with E-state index in [1.807, 2.05) is 0 Å². The van der Waals surface area contributed by atoms with Crippen molar-refractivity contribution in [1.82, 2.24) is 0 Å². The molecule has 0 aromatic carbocycles. The van der Waals surface area contributed by atoms with Gasteiger partial charge in [0.15, 0.2) is 0 Å². The number of fused-ring (bicyclic) bond motifs is 5. The number of aliphatic carboxylic acids is 1. The first-order valence-corrected chi connectivity index (χ1v) is 11.7. The molecule has 3 heteroatoms. The second kappa shape index (κ2) is 7.04. The minimum absolute atomic E-state index is 0.0561. The third-order valence-electron chi connectivity index (χ3n) is 10.2. The van der Waals surface area contributed by atoms with Gasteiger partial charge in [-0.25, -0.2) is 0 Å². The zero-order chi connectivity index (χ0) is 19.4. The van der Waals surface area contributed by atoms with Gasteiger partial charge < -0.3 is 10.2 Å². The molecule has 0 heterocycles. The summed E-state index contributed by atoms with van der Waals surface area (Å²) >= 11 is 0. The molecule has 27 heavy (non-hydrogen) atoms. The predicted molar refractivity (Wildman–Crippen MR) is 107 cm³/mol. The lowest BCUT2D eigenvalue weighted by Crippen LogP contribution is -2.54. The van der Waals surface area contributed by atoms with Crippen LogP contribution in [0.15, 0.2) is 0 Å². The molecule has 0 aromatic heterocycles. The van der Waals surface area contributed by atoms with E-state index in [-0.39, 0.29) is 6.10 Å². The van der Waals surface area contributed by atoms with E-state index in [2.05, 4.69) is 20.8 Å². The molecule has 4 aliphatic carbocycles. The van der Waals surface area contributed by atoms with Gasteiger partial charge in [-0.3, -0.25) is 4.79 Å². The summed E-state index contributed by atoms with van der Waals surface area (Å²) in [6, 6.07) is 0. The number of rotatable bonds is 4. The summed E-state index contributed by atoms with van der Waals surface area (Å²) in [4.78, 5) is 11.0. The summed E-state index contributed by atoms with van der Waals surface area (Å²) in [7, 11) is 0. The molecule has 4 aliphatic rings. The van der Waals surface area contributed by atoms with Gasteiger partial charge in [0.25, 0.3) is 0 Å². The van der Waals surface area contributed by atoms with Crippen LogP contribution in [0, 0.1) is 46.3 Å². The first-order valence-electron chi connectivity index (χ1n) is 11.7. The van der Waals surface area contributed by atoms with E-state index in [1.54, 1.807) is 0 Å². The van der Waals surface area contributed by atoms with Crippen molar-refractivity contribution in [3.8, 4) is 0 Å². The Balaban J connectivity index is 1.51. The van der Waals surface area contributed by atoms with Crippen LogP contribution in [0.1, 0.15) is 91.4 Å². The molecular weight excluding hydrogens is 336 g/mol. The van der Waals surface area contributed by atoms with E-state index in [0.29, 0.717) is 29.1 Å². The average Bonchev–Trinajstić information content (AvgIpc) is 2.97. The summed E-state index contributed by atoms with van der Waals surface area (Å²) in [5.41, 5.74) is 0.882. The Labute approximate surface area is 165 Å². The lowest BCUT2D eigenvalue weighted by atomic mass is 9.44. The van der Waals surface area contributed by atoms with Crippen LogP contribution in [-0.2, 0) is 4.79 Å². The third-order valence-corrected chi connectivity index (χ3v) is 10.2. The number of aliphatic hydroxyl groups is 1. The van der Waals surface area contributed by atoms with E-state index in [0.717, 1.165) is 42.9 Å². The predicted octanol–water partition coefficient (Wildman–Crippen LogP) is 5.51. The molecule has 0 aliphatic heterocycles. The van der Waals surface area contributed by atoms with Crippen LogP contribution >= 0.6 is 0 Å². The number of hydrogen-bond acceptors (Lipinski definition) is 2. The molecule has 0 spiro atoms. The standard InChI is InChI=1S/C24H40O3/c1-15(4-9-22(26)27)19-7-8-20-18-6-5-16-14-17(25)10-12-23(16,2)21(18)11-13-24(19,20)3/h15-21,25H,4-14H2,1-3H3,(H,26,27)/t15-,16-,17+,18+,19+,20-,21-,23+,24-/m1/s1. The smallest absolute Gasteiger partial charge is 0.303 e. The largest absolute Gasteiger partial charge is 0.481 e. The maximum absolute atomic E-state index is 11.0. The summed E-state index contributed by atoms with van der Waals surface area (Å²) in [5.74, 6) is 3.91. The van der Waals surface area contributed by atoms with Crippen molar-refractivity contribution in [2.24, 2.45) is 46.3 Å². The maximum atomic E-state index is 11.0. The summed E-state index contributed by atoms with van der Waals surface area (Å²) in [5, 5.41) is 19.3. The van der Waals surface area contributed by atoms with E-state index in [9.17, 15) is 9.90 Å². The zero-order valence-electron chi connectivity index (χ0n) is 17.6. The summed E-state index contributed by atoms with van der Waals surface area (Å²) < 4.78 is 0. The highest BCUT2D eigenvalue weighted by Gasteiger charge is 2.60. The highest BCUT2D eigenvalue weighted by Crippen LogP contribution is 2.68. The Morgan fingerprint density at radius 3 is 2.44 bits per heavy atom. The van der Waals surface area contributed by atoms with Crippen LogP contribution < -0.4 is 0 Å². The molecule has 0 unspecified atom stereocenters. The van der Waals surface area contributed by atoms with Gasteiger partial charge in [-0.05, 0) is 111 Å². The second-order valence-corrected chi connectivity index (χ2v) is 11.2. The number of carboxylic acids is 1. The lowest BCUT2D eigenvalue weighted by molar-refractivity contribution is -0.138. The molecule has 4 saturated carbocycles. The van der Waals surface area contributed by atoms with Gasteiger partial charge in [-0.2, -0.15) is 0 Å². The molecular formula is C24H40O3. The first-order chi connectivity index (χ1) is 12.8. The number of hydrogen-bond donors (Lipinski definition) is 2. The highest BCUT2D eigenvalue weighted by molar-refractivity contribution is 5.66. The van der Waals surface area contributed by atoms with Crippen LogP contribution in [-0.4, -0.2) is 22.3 Å². The second-order valence-electron chi connectivity index (χ2n) is 11.2. The van der Waals surface area contributed by atoms with Crippen molar-refractivity contribution in [2.75, 3.05) is 0 Å². The van der Waals surface area contributed by atoms with Crippen molar-refractivity contribution in [3.05, 3.63) is 0 Å². The van der Waals surface area contributed by atoms with Crippen LogP contribution in [0.5, 0.6) is 0 Å². The van der Waals surface area contributed by atoms with E-state index in [4.69, 9.17) is 5.11 Å². The number of aliphatic hydroxyl groups excluding tert-OH is 1. The monoisotopic (exact) mass is 376 g/mol. The molecule has 2 N–H and O–H groups in total. The van der Waals surface area contributed by atoms with Crippen molar-refractivity contribution < 1.29 is 15.0 Å². The lowest BCUT2D eigenvalue weighted by Gasteiger charge is -2.61. The normalized spacial score (nSPS) is 50.4. The fourth-order valence-corrected chi connectivity index (χ4v) is 8.76.